The van der Waals surface area contributed by atoms with Crippen LogP contribution in [0.1, 0.15) is 11.1 Å². The van der Waals surface area contributed by atoms with Gasteiger partial charge in [-0.1, -0.05) is 24.3 Å². The Balaban J connectivity index is 2.07. The van der Waals surface area contributed by atoms with E-state index in [2.05, 4.69) is 41.1 Å². The van der Waals surface area contributed by atoms with Crippen molar-refractivity contribution >= 4 is 23.1 Å². The molecule has 0 unspecified atom stereocenters. The number of hydrogen-bond acceptors (Lipinski definition) is 3. The number of pyridine rings is 1. The smallest absolute Gasteiger partial charge is 0.212 e. The van der Waals surface area contributed by atoms with Crippen molar-refractivity contribution in [1.82, 2.24) is 0 Å². The minimum Gasteiger partial charge on any atom is -0.496 e. The van der Waals surface area contributed by atoms with Gasteiger partial charge >= 0.3 is 0 Å². The number of para-hydroxylation sites is 1. The van der Waals surface area contributed by atoms with Gasteiger partial charge in [0.2, 0.25) is 5.52 Å². The lowest BCUT2D eigenvalue weighted by atomic mass is 10.1. The first-order valence-corrected chi connectivity index (χ1v) is 8.03. The predicted octanol–water partition coefficient (Wildman–Crippen LogP) is 3.86. The van der Waals surface area contributed by atoms with E-state index >= 15 is 0 Å². The van der Waals surface area contributed by atoms with Gasteiger partial charge in [-0.15, -0.1) is 0 Å². The van der Waals surface area contributed by atoms with E-state index in [4.69, 9.17) is 14.2 Å². The third-order valence-corrected chi connectivity index (χ3v) is 4.25. The molecule has 0 radical (unpaired) electrons. The summed E-state index contributed by atoms with van der Waals surface area (Å²) in [6, 6.07) is 14.2. The molecule has 0 saturated heterocycles. The zero-order chi connectivity index (χ0) is 17.8. The van der Waals surface area contributed by atoms with Crippen LogP contribution in [0.5, 0.6) is 17.2 Å². The van der Waals surface area contributed by atoms with Crippen molar-refractivity contribution < 1.29 is 18.8 Å². The number of hydrogen-bond donors (Lipinski definition) is 0. The van der Waals surface area contributed by atoms with Crippen molar-refractivity contribution in [1.29, 1.82) is 0 Å². The largest absolute Gasteiger partial charge is 0.496 e. The molecule has 4 heteroatoms. The van der Waals surface area contributed by atoms with Crippen molar-refractivity contribution in [2.45, 2.75) is 0 Å². The van der Waals surface area contributed by atoms with E-state index in [1.807, 2.05) is 31.3 Å². The third-order valence-electron chi connectivity index (χ3n) is 4.25. The first-order chi connectivity index (χ1) is 12.2. The van der Waals surface area contributed by atoms with Crippen LogP contribution in [0.2, 0.25) is 0 Å². The van der Waals surface area contributed by atoms with Crippen molar-refractivity contribution in [3.05, 3.63) is 59.8 Å². The van der Waals surface area contributed by atoms with Crippen molar-refractivity contribution in [3.63, 3.8) is 0 Å². The maximum absolute atomic E-state index is 5.49. The van der Waals surface area contributed by atoms with E-state index in [0.29, 0.717) is 11.5 Å². The summed E-state index contributed by atoms with van der Waals surface area (Å²) in [6.07, 6.45) is 6.18. The van der Waals surface area contributed by atoms with Gasteiger partial charge in [-0.05, 0) is 17.7 Å². The highest BCUT2D eigenvalue weighted by molar-refractivity contribution is 5.89. The molecule has 25 heavy (non-hydrogen) atoms. The predicted molar refractivity (Wildman–Crippen MR) is 100 cm³/mol. The van der Waals surface area contributed by atoms with Gasteiger partial charge < -0.3 is 14.2 Å². The summed E-state index contributed by atoms with van der Waals surface area (Å²) in [5, 5.41) is 1.20. The zero-order valence-corrected chi connectivity index (χ0v) is 14.9. The summed E-state index contributed by atoms with van der Waals surface area (Å²) in [5.41, 5.74) is 3.26. The fourth-order valence-corrected chi connectivity index (χ4v) is 2.90. The first-order valence-electron chi connectivity index (χ1n) is 8.03. The lowest BCUT2D eigenvalue weighted by molar-refractivity contribution is -0.644. The highest BCUT2D eigenvalue weighted by Gasteiger charge is 2.11. The van der Waals surface area contributed by atoms with E-state index in [-0.39, 0.29) is 0 Å². The standard InChI is InChI=1S/C21H22NO3/c1-22-12-11-15(17-7-5-6-8-18(17)22)9-10-16-13-20(24-3)21(25-4)14-19(16)23-2/h5-14H,1-4H3/q+1. The molecule has 0 aliphatic carbocycles. The van der Waals surface area contributed by atoms with Crippen LogP contribution in [-0.4, -0.2) is 21.3 Å². The van der Waals surface area contributed by atoms with Crippen LogP contribution in [0, 0.1) is 0 Å². The van der Waals surface area contributed by atoms with E-state index in [0.717, 1.165) is 16.9 Å². The van der Waals surface area contributed by atoms with E-state index in [9.17, 15) is 0 Å². The zero-order valence-electron chi connectivity index (χ0n) is 14.9. The minimum absolute atomic E-state index is 0.647. The Morgan fingerprint density at radius 3 is 2.12 bits per heavy atom. The monoisotopic (exact) mass is 336 g/mol. The molecule has 0 aliphatic heterocycles. The van der Waals surface area contributed by atoms with Crippen LogP contribution < -0.4 is 18.8 Å². The average Bonchev–Trinajstić information content (AvgIpc) is 2.67. The second kappa shape index (κ2) is 7.26. The Kier molecular flexibility index (Phi) is 4.89. The summed E-state index contributed by atoms with van der Waals surface area (Å²) in [6.45, 7) is 0. The fraction of sp³-hybridized carbons (Fsp3) is 0.190. The third kappa shape index (κ3) is 3.29. The molecular weight excluding hydrogens is 314 g/mol. The Morgan fingerprint density at radius 1 is 0.760 bits per heavy atom. The molecule has 2 aromatic carbocycles. The molecule has 1 aromatic heterocycles. The average molecular weight is 336 g/mol. The van der Waals surface area contributed by atoms with Gasteiger partial charge in [-0.25, -0.2) is 4.57 Å². The number of aryl methyl sites for hydroxylation is 1. The van der Waals surface area contributed by atoms with E-state index < -0.39 is 0 Å². The van der Waals surface area contributed by atoms with E-state index in [1.54, 1.807) is 21.3 Å². The number of methoxy groups -OCH3 is 3. The quantitative estimate of drug-likeness (QED) is 0.663. The van der Waals surface area contributed by atoms with Gasteiger partial charge in [0, 0.05) is 23.8 Å². The van der Waals surface area contributed by atoms with Crippen molar-refractivity contribution in [3.8, 4) is 17.2 Å². The van der Waals surface area contributed by atoms with Gasteiger partial charge in [-0.2, -0.15) is 0 Å². The fourth-order valence-electron chi connectivity index (χ4n) is 2.90. The molecular formula is C21H22NO3+. The topological polar surface area (TPSA) is 31.6 Å². The number of benzene rings is 2. The summed E-state index contributed by atoms with van der Waals surface area (Å²) in [4.78, 5) is 0. The second-order valence-corrected chi connectivity index (χ2v) is 5.68. The van der Waals surface area contributed by atoms with Crippen LogP contribution >= 0.6 is 0 Å². The second-order valence-electron chi connectivity index (χ2n) is 5.68. The summed E-state index contributed by atoms with van der Waals surface area (Å²) in [5.74, 6) is 2.06. The number of rotatable bonds is 5. The minimum atomic E-state index is 0.647. The number of aromatic nitrogens is 1. The normalized spacial score (nSPS) is 11.0. The number of nitrogens with zero attached hydrogens (tertiary/aromatic N) is 1. The highest BCUT2D eigenvalue weighted by Crippen LogP contribution is 2.35. The highest BCUT2D eigenvalue weighted by atomic mass is 16.5. The maximum Gasteiger partial charge on any atom is 0.212 e. The van der Waals surface area contributed by atoms with Gasteiger partial charge in [-0.3, -0.25) is 0 Å². The van der Waals surface area contributed by atoms with Crippen LogP contribution in [0.25, 0.3) is 23.1 Å². The molecule has 0 aliphatic rings. The number of fused-ring (bicyclic) bond motifs is 1. The molecule has 0 N–H and O–H groups in total. The van der Waals surface area contributed by atoms with E-state index in [1.165, 1.54) is 10.9 Å². The van der Waals surface area contributed by atoms with Crippen LogP contribution in [0.3, 0.4) is 0 Å². The molecule has 0 bridgehead atoms. The summed E-state index contributed by atoms with van der Waals surface area (Å²) >= 11 is 0. The molecule has 0 saturated carbocycles. The summed E-state index contributed by atoms with van der Waals surface area (Å²) < 4.78 is 18.3. The Hall–Kier alpha value is -3.01. The first kappa shape index (κ1) is 16.8. The molecule has 3 rings (SSSR count). The lowest BCUT2D eigenvalue weighted by Crippen LogP contribution is -2.28. The van der Waals surface area contributed by atoms with Crippen molar-refractivity contribution in [2.24, 2.45) is 7.05 Å². The molecule has 0 fully saturated rings. The van der Waals surface area contributed by atoms with Crippen LogP contribution in [0.15, 0.2) is 48.7 Å². The molecule has 1 heterocycles. The Labute approximate surface area is 147 Å². The van der Waals surface area contributed by atoms with Gasteiger partial charge in [0.15, 0.2) is 17.7 Å². The van der Waals surface area contributed by atoms with Gasteiger partial charge in [0.05, 0.1) is 26.7 Å². The summed E-state index contributed by atoms with van der Waals surface area (Å²) in [7, 11) is 6.94. The van der Waals surface area contributed by atoms with Crippen LogP contribution in [0.4, 0.5) is 0 Å². The van der Waals surface area contributed by atoms with Gasteiger partial charge in [0.25, 0.3) is 0 Å². The lowest BCUT2D eigenvalue weighted by Gasteiger charge is -2.12. The molecule has 0 atom stereocenters. The molecule has 0 amide bonds. The molecule has 4 nitrogen and oxygen atoms in total. The molecule has 128 valence electrons. The number of ether oxygens (including phenoxy) is 3. The van der Waals surface area contributed by atoms with Crippen molar-refractivity contribution in [2.75, 3.05) is 21.3 Å². The van der Waals surface area contributed by atoms with Gasteiger partial charge in [0.1, 0.15) is 12.8 Å². The SMILES string of the molecule is COc1cc(OC)c(OC)cc1C=Cc1cc[n+](C)c2ccccc12. The van der Waals surface area contributed by atoms with Crippen LogP contribution in [-0.2, 0) is 7.05 Å². The Morgan fingerprint density at radius 2 is 1.40 bits per heavy atom. The molecule has 3 aromatic rings. The molecule has 0 spiro atoms. The Bertz CT molecular complexity index is 932. The maximum atomic E-state index is 5.49.